The van der Waals surface area contributed by atoms with Gasteiger partial charge in [-0.3, -0.25) is 4.79 Å². The number of carbonyl (C=O) groups is 1. The van der Waals surface area contributed by atoms with Gasteiger partial charge < -0.3 is 9.88 Å². The van der Waals surface area contributed by atoms with E-state index in [1.54, 1.807) is 18.5 Å². The van der Waals surface area contributed by atoms with E-state index in [0.717, 1.165) is 21.6 Å². The van der Waals surface area contributed by atoms with Crippen LogP contribution < -0.4 is 5.32 Å². The molecule has 4 rings (SSSR count). The Morgan fingerprint density at radius 3 is 2.84 bits per heavy atom. The summed E-state index contributed by atoms with van der Waals surface area (Å²) in [6.07, 6.45) is 5.22. The number of benzene rings is 1. The van der Waals surface area contributed by atoms with Gasteiger partial charge in [-0.05, 0) is 12.1 Å². The number of rotatable bonds is 4. The number of nitrogens with one attached hydrogen (secondary N) is 1. The van der Waals surface area contributed by atoms with Gasteiger partial charge in [0.25, 0.3) is 5.91 Å². The molecular weight excluding hydrogens is 334 g/mol. The highest BCUT2D eigenvalue weighted by atomic mass is 32.1. The van der Waals surface area contributed by atoms with E-state index in [1.807, 2.05) is 47.5 Å². The van der Waals surface area contributed by atoms with Crippen molar-refractivity contribution >= 4 is 28.1 Å². The van der Waals surface area contributed by atoms with Gasteiger partial charge in [-0.2, -0.15) is 0 Å². The van der Waals surface area contributed by atoms with Crippen LogP contribution in [0.15, 0.2) is 54.3 Å². The first-order chi connectivity index (χ1) is 12.2. The molecule has 0 fully saturated rings. The van der Waals surface area contributed by atoms with E-state index in [9.17, 15) is 4.79 Å². The van der Waals surface area contributed by atoms with Crippen molar-refractivity contribution in [2.45, 2.75) is 6.54 Å². The summed E-state index contributed by atoms with van der Waals surface area (Å²) in [5.41, 5.74) is 2.49. The van der Waals surface area contributed by atoms with Crippen LogP contribution in [0.5, 0.6) is 0 Å². The third-order valence-corrected chi connectivity index (χ3v) is 4.77. The van der Waals surface area contributed by atoms with Gasteiger partial charge in [-0.15, -0.1) is 11.3 Å². The summed E-state index contributed by atoms with van der Waals surface area (Å²) in [5, 5.41) is 6.54. The molecule has 1 aromatic carbocycles. The largest absolute Gasteiger partial charge is 0.350 e. The molecule has 0 unspecified atom stereocenters. The number of nitrogens with zero attached hydrogens (tertiary/aromatic N) is 4. The fourth-order valence-corrected chi connectivity index (χ4v) is 3.45. The van der Waals surface area contributed by atoms with Crippen molar-refractivity contribution in [2.75, 3.05) is 0 Å². The molecule has 0 saturated carbocycles. The first-order valence-corrected chi connectivity index (χ1v) is 8.64. The zero-order valence-corrected chi connectivity index (χ0v) is 14.3. The number of hydrogen-bond donors (Lipinski definition) is 1. The molecule has 0 aliphatic carbocycles. The molecule has 0 radical (unpaired) electrons. The molecule has 6 nitrogen and oxygen atoms in total. The Kier molecular flexibility index (Phi) is 3.99. The zero-order chi connectivity index (χ0) is 17.2. The van der Waals surface area contributed by atoms with Crippen LogP contribution in [0, 0.1) is 0 Å². The van der Waals surface area contributed by atoms with Crippen LogP contribution in [0.4, 0.5) is 0 Å². The monoisotopic (exact) mass is 349 g/mol. The molecule has 1 N–H and O–H groups in total. The second-order valence-corrected chi connectivity index (χ2v) is 6.43. The van der Waals surface area contributed by atoms with Gasteiger partial charge >= 0.3 is 0 Å². The molecule has 0 saturated heterocycles. The van der Waals surface area contributed by atoms with Crippen molar-refractivity contribution < 1.29 is 4.79 Å². The van der Waals surface area contributed by atoms with Gasteiger partial charge in [-0.1, -0.05) is 18.2 Å². The lowest BCUT2D eigenvalue weighted by Gasteiger charge is -2.02. The van der Waals surface area contributed by atoms with Crippen LogP contribution in [0.25, 0.3) is 21.7 Å². The molecule has 1 amide bonds. The Hall–Kier alpha value is -3.06. The molecule has 124 valence electrons. The molecule has 0 spiro atoms. The molecule has 0 atom stereocenters. The van der Waals surface area contributed by atoms with Crippen LogP contribution in [0.1, 0.15) is 16.1 Å². The van der Waals surface area contributed by atoms with Crippen LogP contribution in [-0.4, -0.2) is 25.4 Å². The summed E-state index contributed by atoms with van der Waals surface area (Å²) < 4.78 is 1.96. The summed E-state index contributed by atoms with van der Waals surface area (Å²) in [4.78, 5) is 25.4. The highest BCUT2D eigenvalue weighted by molar-refractivity contribution is 7.13. The summed E-state index contributed by atoms with van der Waals surface area (Å²) >= 11 is 1.47. The van der Waals surface area contributed by atoms with E-state index in [0.29, 0.717) is 17.9 Å². The minimum atomic E-state index is -0.109. The van der Waals surface area contributed by atoms with Gasteiger partial charge in [-0.25, -0.2) is 15.0 Å². The smallest absolute Gasteiger partial charge is 0.253 e. The lowest BCUT2D eigenvalue weighted by Crippen LogP contribution is -2.22. The van der Waals surface area contributed by atoms with Crippen molar-refractivity contribution in [3.05, 3.63) is 65.6 Å². The Morgan fingerprint density at radius 2 is 2.00 bits per heavy atom. The number of aryl methyl sites for hydroxylation is 1. The second-order valence-electron chi connectivity index (χ2n) is 5.57. The maximum atomic E-state index is 12.5. The Labute approximate surface area is 148 Å². The molecule has 0 bridgehead atoms. The predicted molar refractivity (Wildman–Crippen MR) is 97.2 cm³/mol. The van der Waals surface area contributed by atoms with Crippen molar-refractivity contribution in [2.24, 2.45) is 7.05 Å². The topological polar surface area (TPSA) is 72.7 Å². The van der Waals surface area contributed by atoms with E-state index >= 15 is 0 Å². The third kappa shape index (κ3) is 3.01. The molecule has 4 aromatic rings. The maximum absolute atomic E-state index is 12.5. The van der Waals surface area contributed by atoms with E-state index in [-0.39, 0.29) is 5.91 Å². The molecule has 0 aliphatic rings. The normalized spacial score (nSPS) is 10.9. The fourth-order valence-electron chi connectivity index (χ4n) is 2.69. The summed E-state index contributed by atoms with van der Waals surface area (Å²) in [6.45, 7) is 0.366. The zero-order valence-electron chi connectivity index (χ0n) is 13.5. The number of para-hydroxylation sites is 1. The van der Waals surface area contributed by atoms with Crippen molar-refractivity contribution in [3.8, 4) is 10.8 Å². The Bertz CT molecular complexity index is 1040. The highest BCUT2D eigenvalue weighted by Gasteiger charge is 2.14. The predicted octanol–water partition coefficient (Wildman–Crippen LogP) is 3.02. The summed E-state index contributed by atoms with van der Waals surface area (Å²) in [7, 11) is 1.94. The Balaban J connectivity index is 1.50. The van der Waals surface area contributed by atoms with Crippen molar-refractivity contribution in [1.29, 1.82) is 0 Å². The molecule has 3 aromatic heterocycles. The van der Waals surface area contributed by atoms with Gasteiger partial charge in [0.2, 0.25) is 0 Å². The van der Waals surface area contributed by atoms with E-state index in [2.05, 4.69) is 20.3 Å². The van der Waals surface area contributed by atoms with Crippen LogP contribution >= 0.6 is 11.3 Å². The number of carbonyl (C=O) groups excluding carboxylic acids is 1. The SMILES string of the molecule is Cn1cc(C(=O)NCc2csc(-c3ncccn3)n2)c2ccccc21. The van der Waals surface area contributed by atoms with Crippen LogP contribution in [0.3, 0.4) is 0 Å². The average molecular weight is 349 g/mol. The number of amides is 1. The first-order valence-electron chi connectivity index (χ1n) is 7.76. The van der Waals surface area contributed by atoms with Gasteiger partial charge in [0.1, 0.15) is 0 Å². The summed E-state index contributed by atoms with van der Waals surface area (Å²) in [5.74, 6) is 0.487. The number of hydrogen-bond acceptors (Lipinski definition) is 5. The van der Waals surface area contributed by atoms with Gasteiger partial charge in [0.05, 0.1) is 17.8 Å². The third-order valence-electron chi connectivity index (χ3n) is 3.88. The average Bonchev–Trinajstić information content (AvgIpc) is 3.26. The first kappa shape index (κ1) is 15.5. The van der Waals surface area contributed by atoms with Crippen LogP contribution in [-0.2, 0) is 13.6 Å². The standard InChI is InChI=1S/C18H15N5OS/c1-23-10-14(13-5-2-3-6-15(13)23)17(24)21-9-12-11-25-18(22-12)16-19-7-4-8-20-16/h2-8,10-11H,9H2,1H3,(H,21,24). The Morgan fingerprint density at radius 1 is 1.20 bits per heavy atom. The molecule has 0 aliphatic heterocycles. The molecule has 3 heterocycles. The van der Waals surface area contributed by atoms with E-state index < -0.39 is 0 Å². The lowest BCUT2D eigenvalue weighted by molar-refractivity contribution is 0.0952. The number of thiazole rings is 1. The lowest BCUT2D eigenvalue weighted by atomic mass is 10.1. The molecule has 25 heavy (non-hydrogen) atoms. The fraction of sp³-hybridized carbons (Fsp3) is 0.111. The minimum Gasteiger partial charge on any atom is -0.350 e. The van der Waals surface area contributed by atoms with Crippen molar-refractivity contribution in [1.82, 2.24) is 24.8 Å². The number of aromatic nitrogens is 4. The van der Waals surface area contributed by atoms with E-state index in [4.69, 9.17) is 0 Å². The molecular formula is C18H15N5OS. The van der Waals surface area contributed by atoms with Crippen LogP contribution in [0.2, 0.25) is 0 Å². The van der Waals surface area contributed by atoms with Gasteiger partial charge in [0, 0.05) is 41.9 Å². The maximum Gasteiger partial charge on any atom is 0.253 e. The minimum absolute atomic E-state index is 0.109. The van der Waals surface area contributed by atoms with Gasteiger partial charge in [0.15, 0.2) is 10.8 Å². The van der Waals surface area contributed by atoms with Crippen molar-refractivity contribution in [3.63, 3.8) is 0 Å². The summed E-state index contributed by atoms with van der Waals surface area (Å²) in [6, 6.07) is 9.62. The quantitative estimate of drug-likeness (QED) is 0.615. The van der Waals surface area contributed by atoms with E-state index in [1.165, 1.54) is 11.3 Å². The second kappa shape index (κ2) is 6.45. The number of fused-ring (bicyclic) bond motifs is 1. The molecule has 7 heteroatoms. The highest BCUT2D eigenvalue weighted by Crippen LogP contribution is 2.21.